The first-order valence-corrected chi connectivity index (χ1v) is 8.17. The SMILES string of the molecule is COc1ccc([N+](=O)[O-])cc1C(=O)NC[C@H](c1ccsc1)N(C)C. The molecule has 0 unspecified atom stereocenters. The van der Waals surface area contributed by atoms with E-state index < -0.39 is 10.8 Å². The molecule has 0 saturated carbocycles. The second kappa shape index (κ2) is 7.89. The third-order valence-electron chi connectivity index (χ3n) is 3.65. The average Bonchev–Trinajstić information content (AvgIpc) is 3.08. The lowest BCUT2D eigenvalue weighted by atomic mass is 10.1. The van der Waals surface area contributed by atoms with Crippen LogP contribution in [-0.2, 0) is 0 Å². The molecule has 1 aromatic carbocycles. The molecule has 128 valence electrons. The number of nitrogens with one attached hydrogen (secondary N) is 1. The average molecular weight is 349 g/mol. The van der Waals surface area contributed by atoms with Gasteiger partial charge in [0, 0.05) is 18.7 Å². The number of carbonyl (C=O) groups excluding carboxylic acids is 1. The Bertz CT molecular complexity index is 716. The molecule has 0 saturated heterocycles. The lowest BCUT2D eigenvalue weighted by molar-refractivity contribution is -0.384. The van der Waals surface area contributed by atoms with Crippen LogP contribution in [-0.4, -0.2) is 43.5 Å². The van der Waals surface area contributed by atoms with Crippen molar-refractivity contribution < 1.29 is 14.5 Å². The van der Waals surface area contributed by atoms with Gasteiger partial charge >= 0.3 is 0 Å². The van der Waals surface area contributed by atoms with Crippen molar-refractivity contribution in [1.29, 1.82) is 0 Å². The minimum Gasteiger partial charge on any atom is -0.496 e. The highest BCUT2D eigenvalue weighted by Gasteiger charge is 2.20. The van der Waals surface area contributed by atoms with Crippen LogP contribution in [0.3, 0.4) is 0 Å². The fourth-order valence-corrected chi connectivity index (χ4v) is 3.04. The Morgan fingerprint density at radius 3 is 2.71 bits per heavy atom. The number of hydrogen-bond acceptors (Lipinski definition) is 6. The molecular weight excluding hydrogens is 330 g/mol. The zero-order valence-electron chi connectivity index (χ0n) is 13.7. The maximum absolute atomic E-state index is 12.5. The molecule has 0 bridgehead atoms. The van der Waals surface area contributed by atoms with Crippen LogP contribution in [0, 0.1) is 10.1 Å². The molecule has 0 radical (unpaired) electrons. The molecule has 8 heteroatoms. The molecule has 0 spiro atoms. The molecule has 1 amide bonds. The van der Waals surface area contributed by atoms with Crippen LogP contribution in [0.5, 0.6) is 5.75 Å². The number of non-ortho nitro benzene ring substituents is 1. The summed E-state index contributed by atoms with van der Waals surface area (Å²) in [7, 11) is 5.29. The van der Waals surface area contributed by atoms with E-state index in [-0.39, 0.29) is 17.3 Å². The molecule has 0 aliphatic carbocycles. The van der Waals surface area contributed by atoms with Crippen molar-refractivity contribution in [2.45, 2.75) is 6.04 Å². The summed E-state index contributed by atoms with van der Waals surface area (Å²) in [6.07, 6.45) is 0. The topological polar surface area (TPSA) is 84.7 Å². The summed E-state index contributed by atoms with van der Waals surface area (Å²) in [4.78, 5) is 24.8. The minimum absolute atomic E-state index is 0.0184. The van der Waals surface area contributed by atoms with Gasteiger partial charge in [-0.1, -0.05) is 0 Å². The molecule has 1 atom stereocenters. The molecule has 2 rings (SSSR count). The first-order chi connectivity index (χ1) is 11.4. The van der Waals surface area contributed by atoms with Crippen molar-refractivity contribution in [3.63, 3.8) is 0 Å². The second-order valence-electron chi connectivity index (χ2n) is 5.39. The van der Waals surface area contributed by atoms with Gasteiger partial charge < -0.3 is 15.0 Å². The molecule has 24 heavy (non-hydrogen) atoms. The maximum Gasteiger partial charge on any atom is 0.270 e. The van der Waals surface area contributed by atoms with Gasteiger partial charge in [0.2, 0.25) is 0 Å². The number of likely N-dealkylation sites (N-methyl/N-ethyl adjacent to an activating group) is 1. The van der Waals surface area contributed by atoms with Crippen molar-refractivity contribution in [1.82, 2.24) is 10.2 Å². The summed E-state index contributed by atoms with van der Waals surface area (Å²) < 4.78 is 5.14. The normalized spacial score (nSPS) is 12.0. The summed E-state index contributed by atoms with van der Waals surface area (Å²) >= 11 is 1.59. The number of rotatable bonds is 7. The zero-order chi connectivity index (χ0) is 17.7. The van der Waals surface area contributed by atoms with Crippen LogP contribution in [0.25, 0.3) is 0 Å². The van der Waals surface area contributed by atoms with Crippen LogP contribution in [0.2, 0.25) is 0 Å². The number of nitrogens with zero attached hydrogens (tertiary/aromatic N) is 2. The first-order valence-electron chi connectivity index (χ1n) is 7.23. The number of nitro benzene ring substituents is 1. The zero-order valence-corrected chi connectivity index (χ0v) is 14.5. The van der Waals surface area contributed by atoms with Crippen molar-refractivity contribution >= 4 is 22.9 Å². The van der Waals surface area contributed by atoms with Gasteiger partial charge in [0.05, 0.1) is 23.6 Å². The molecule has 0 fully saturated rings. The Morgan fingerprint density at radius 1 is 1.42 bits per heavy atom. The van der Waals surface area contributed by atoms with Gasteiger partial charge in [-0.15, -0.1) is 0 Å². The van der Waals surface area contributed by atoms with E-state index in [1.54, 1.807) is 11.3 Å². The van der Waals surface area contributed by atoms with E-state index >= 15 is 0 Å². The van der Waals surface area contributed by atoms with Crippen molar-refractivity contribution in [2.24, 2.45) is 0 Å². The number of hydrogen-bond donors (Lipinski definition) is 1. The molecular formula is C16H19N3O4S. The van der Waals surface area contributed by atoms with Crippen LogP contribution >= 0.6 is 11.3 Å². The molecule has 0 aliphatic heterocycles. The van der Waals surface area contributed by atoms with Gasteiger partial charge in [0.25, 0.3) is 11.6 Å². The number of benzene rings is 1. The number of methoxy groups -OCH3 is 1. The van der Waals surface area contributed by atoms with E-state index in [2.05, 4.69) is 5.32 Å². The molecule has 7 nitrogen and oxygen atoms in total. The second-order valence-corrected chi connectivity index (χ2v) is 6.17. The number of nitro groups is 1. The van der Waals surface area contributed by atoms with Crippen LogP contribution < -0.4 is 10.1 Å². The van der Waals surface area contributed by atoms with E-state index in [0.29, 0.717) is 12.3 Å². The smallest absolute Gasteiger partial charge is 0.270 e. The number of thiophene rings is 1. The Morgan fingerprint density at radius 2 is 2.17 bits per heavy atom. The number of ether oxygens (including phenoxy) is 1. The van der Waals surface area contributed by atoms with Gasteiger partial charge in [-0.3, -0.25) is 14.9 Å². The summed E-state index contributed by atoms with van der Waals surface area (Å²) in [6.45, 7) is 0.383. The number of amides is 1. The van der Waals surface area contributed by atoms with E-state index in [0.717, 1.165) is 5.56 Å². The van der Waals surface area contributed by atoms with Gasteiger partial charge in [-0.2, -0.15) is 11.3 Å². The summed E-state index contributed by atoms with van der Waals surface area (Å²) in [6, 6.07) is 5.99. The molecule has 1 aromatic heterocycles. The van der Waals surface area contributed by atoms with Gasteiger partial charge in [-0.05, 0) is 42.6 Å². The molecule has 1 heterocycles. The highest BCUT2D eigenvalue weighted by molar-refractivity contribution is 7.07. The van der Waals surface area contributed by atoms with Gasteiger partial charge in [-0.25, -0.2) is 0 Å². The monoisotopic (exact) mass is 349 g/mol. The Kier molecular flexibility index (Phi) is 5.88. The quantitative estimate of drug-likeness (QED) is 0.614. The third kappa shape index (κ3) is 4.09. The predicted octanol–water partition coefficient (Wildman–Crippen LogP) is 2.70. The lowest BCUT2D eigenvalue weighted by Crippen LogP contribution is -2.34. The fraction of sp³-hybridized carbons (Fsp3) is 0.312. The summed E-state index contributed by atoms with van der Waals surface area (Å²) in [5.41, 5.74) is 1.11. The third-order valence-corrected chi connectivity index (χ3v) is 4.35. The molecule has 1 N–H and O–H groups in total. The van der Waals surface area contributed by atoms with Crippen LogP contribution in [0.1, 0.15) is 22.0 Å². The lowest BCUT2D eigenvalue weighted by Gasteiger charge is -2.24. The first kappa shape index (κ1) is 17.9. The van der Waals surface area contributed by atoms with Crippen LogP contribution in [0.15, 0.2) is 35.0 Å². The summed E-state index contributed by atoms with van der Waals surface area (Å²) in [5, 5.41) is 17.8. The fourth-order valence-electron chi connectivity index (χ4n) is 2.33. The van der Waals surface area contributed by atoms with Crippen molar-refractivity contribution in [3.05, 3.63) is 56.3 Å². The highest BCUT2D eigenvalue weighted by atomic mass is 32.1. The Hall–Kier alpha value is -2.45. The highest BCUT2D eigenvalue weighted by Crippen LogP contribution is 2.25. The maximum atomic E-state index is 12.5. The minimum atomic E-state index is -0.537. The van der Waals surface area contributed by atoms with Gasteiger partial charge in [0.1, 0.15) is 5.75 Å². The summed E-state index contributed by atoms with van der Waals surface area (Å²) in [5.74, 6) is -0.104. The van der Waals surface area contributed by atoms with E-state index in [4.69, 9.17) is 4.74 Å². The van der Waals surface area contributed by atoms with E-state index in [1.165, 1.54) is 25.3 Å². The van der Waals surface area contributed by atoms with Crippen molar-refractivity contribution in [3.8, 4) is 5.75 Å². The van der Waals surface area contributed by atoms with E-state index in [9.17, 15) is 14.9 Å². The molecule has 2 aromatic rings. The Balaban J connectivity index is 2.17. The van der Waals surface area contributed by atoms with E-state index in [1.807, 2.05) is 35.8 Å². The van der Waals surface area contributed by atoms with Gasteiger partial charge in [0.15, 0.2) is 0 Å². The Labute approximate surface area is 144 Å². The standard InChI is InChI=1S/C16H19N3O4S/c1-18(2)14(11-6-7-24-10-11)9-17-16(20)13-8-12(19(21)22)4-5-15(13)23-3/h4-8,10,14H,9H2,1-3H3,(H,17,20)/t14-/m1/s1. The largest absolute Gasteiger partial charge is 0.496 e. The molecule has 0 aliphatic rings. The predicted molar refractivity (Wildman–Crippen MR) is 92.7 cm³/mol. The number of carbonyl (C=O) groups is 1. The van der Waals surface area contributed by atoms with Crippen LogP contribution in [0.4, 0.5) is 5.69 Å². The van der Waals surface area contributed by atoms with Crippen molar-refractivity contribution in [2.75, 3.05) is 27.7 Å².